The van der Waals surface area contributed by atoms with Crippen molar-refractivity contribution < 1.29 is 0 Å². The second-order valence-electron chi connectivity index (χ2n) is 5.64. The second-order valence-corrected chi connectivity index (χ2v) is 6.08. The highest BCUT2D eigenvalue weighted by Crippen LogP contribution is 2.19. The number of hydrogen-bond acceptors (Lipinski definition) is 4. The van der Waals surface area contributed by atoms with Crippen LogP contribution in [-0.4, -0.2) is 40.5 Å². The molecule has 0 amide bonds. The van der Waals surface area contributed by atoms with E-state index in [9.17, 15) is 0 Å². The molecule has 2 heterocycles. The number of aryl methyl sites for hydroxylation is 2. The van der Waals surface area contributed by atoms with Crippen molar-refractivity contribution in [2.75, 3.05) is 25.0 Å². The highest BCUT2D eigenvalue weighted by Gasteiger charge is 2.19. The molecule has 0 aliphatic carbocycles. The molecule has 0 aromatic carbocycles. The van der Waals surface area contributed by atoms with Crippen LogP contribution in [0.1, 0.15) is 36.6 Å². The van der Waals surface area contributed by atoms with E-state index in [1.807, 2.05) is 19.9 Å². The Bertz CT molecular complexity index is 495. The van der Waals surface area contributed by atoms with Crippen LogP contribution in [0.2, 0.25) is 0 Å². The van der Waals surface area contributed by atoms with Crippen molar-refractivity contribution in [1.82, 2.24) is 9.88 Å². The van der Waals surface area contributed by atoms with Crippen LogP contribution >= 0.6 is 12.2 Å². The van der Waals surface area contributed by atoms with E-state index < -0.39 is 0 Å². The van der Waals surface area contributed by atoms with Gasteiger partial charge in [-0.15, -0.1) is 0 Å². The summed E-state index contributed by atoms with van der Waals surface area (Å²) in [5.74, 6) is 0.820. The van der Waals surface area contributed by atoms with Crippen LogP contribution in [0.15, 0.2) is 6.07 Å². The van der Waals surface area contributed by atoms with Crippen LogP contribution in [0.25, 0.3) is 0 Å². The summed E-state index contributed by atoms with van der Waals surface area (Å²) in [6, 6.07) is 2.52. The minimum atomic E-state index is 0.409. The topological polar surface area (TPSA) is 54.2 Å². The molecule has 0 spiro atoms. The summed E-state index contributed by atoms with van der Waals surface area (Å²) in [5.41, 5.74) is 8.78. The zero-order valence-electron chi connectivity index (χ0n) is 12.6. The predicted octanol–water partition coefficient (Wildman–Crippen LogP) is 2.23. The van der Waals surface area contributed by atoms with E-state index in [-0.39, 0.29) is 0 Å². The van der Waals surface area contributed by atoms with E-state index in [1.54, 1.807) is 0 Å². The van der Waals surface area contributed by atoms with Gasteiger partial charge in [-0.05, 0) is 58.3 Å². The summed E-state index contributed by atoms with van der Waals surface area (Å²) in [5, 5.41) is 3.43. The lowest BCUT2D eigenvalue weighted by molar-refractivity contribution is 0.269. The van der Waals surface area contributed by atoms with E-state index in [0.717, 1.165) is 29.2 Å². The molecule has 1 fully saturated rings. The predicted molar refractivity (Wildman–Crippen MR) is 88.4 cm³/mol. The van der Waals surface area contributed by atoms with Gasteiger partial charge in [0.1, 0.15) is 10.8 Å². The van der Waals surface area contributed by atoms with Gasteiger partial charge in [-0.3, -0.25) is 4.90 Å². The second kappa shape index (κ2) is 6.50. The summed E-state index contributed by atoms with van der Waals surface area (Å²) in [4.78, 5) is 7.48. The largest absolute Gasteiger partial charge is 0.389 e. The van der Waals surface area contributed by atoms with E-state index in [4.69, 9.17) is 18.0 Å². The van der Waals surface area contributed by atoms with Crippen LogP contribution in [0, 0.1) is 13.8 Å². The lowest BCUT2D eigenvalue weighted by Crippen LogP contribution is -2.36. The fourth-order valence-corrected chi connectivity index (χ4v) is 3.09. The van der Waals surface area contributed by atoms with Crippen molar-refractivity contribution in [3.8, 4) is 0 Å². The number of pyridine rings is 1. The first-order valence-electron chi connectivity index (χ1n) is 7.25. The van der Waals surface area contributed by atoms with Gasteiger partial charge < -0.3 is 11.1 Å². The molecular formula is C15H24N4S. The zero-order valence-corrected chi connectivity index (χ0v) is 13.4. The average Bonchev–Trinajstić information content (AvgIpc) is 2.88. The fraction of sp³-hybridized carbons (Fsp3) is 0.600. The quantitative estimate of drug-likeness (QED) is 0.815. The van der Waals surface area contributed by atoms with Crippen molar-refractivity contribution in [2.45, 2.75) is 39.7 Å². The first-order chi connectivity index (χ1) is 9.49. The highest BCUT2D eigenvalue weighted by atomic mass is 32.1. The Morgan fingerprint density at radius 1 is 1.45 bits per heavy atom. The molecule has 4 nitrogen and oxygen atoms in total. The first kappa shape index (κ1) is 15.2. The molecule has 1 aromatic rings. The number of nitrogens with one attached hydrogen (secondary N) is 1. The number of nitrogens with zero attached hydrogens (tertiary/aromatic N) is 2. The molecule has 0 bridgehead atoms. The Morgan fingerprint density at radius 2 is 2.10 bits per heavy atom. The molecule has 0 radical (unpaired) electrons. The van der Waals surface area contributed by atoms with Gasteiger partial charge >= 0.3 is 0 Å². The molecule has 1 atom stereocenters. The van der Waals surface area contributed by atoms with Gasteiger partial charge in [-0.25, -0.2) is 4.98 Å². The average molecular weight is 292 g/mol. The number of rotatable bonds is 5. The fourth-order valence-electron chi connectivity index (χ4n) is 2.83. The smallest absolute Gasteiger partial charge is 0.136 e. The Labute approximate surface area is 126 Å². The molecule has 20 heavy (non-hydrogen) atoms. The maximum absolute atomic E-state index is 5.84. The maximum Gasteiger partial charge on any atom is 0.136 e. The van der Waals surface area contributed by atoms with Crippen molar-refractivity contribution in [1.29, 1.82) is 0 Å². The molecule has 5 heteroatoms. The standard InChI is InChI=1S/C15H24N4S/c1-10-8-11(2)18-15(13(10)14(16)20)17-9-12(3)19-6-4-5-7-19/h8,12H,4-7,9H2,1-3H3,(H2,16,20)(H,17,18). The first-order valence-corrected chi connectivity index (χ1v) is 7.66. The monoisotopic (exact) mass is 292 g/mol. The number of hydrogen-bond donors (Lipinski definition) is 2. The van der Waals surface area contributed by atoms with Crippen molar-refractivity contribution in [2.24, 2.45) is 5.73 Å². The van der Waals surface area contributed by atoms with E-state index in [2.05, 4.69) is 22.1 Å². The highest BCUT2D eigenvalue weighted by molar-refractivity contribution is 7.80. The molecule has 0 saturated carbocycles. The molecule has 110 valence electrons. The molecule has 1 unspecified atom stereocenters. The third-order valence-electron chi connectivity index (χ3n) is 3.92. The van der Waals surface area contributed by atoms with Gasteiger partial charge in [-0.1, -0.05) is 12.2 Å². The number of likely N-dealkylation sites (tertiary alicyclic amines) is 1. The van der Waals surface area contributed by atoms with Crippen molar-refractivity contribution in [3.05, 3.63) is 22.9 Å². The SMILES string of the molecule is Cc1cc(C)c(C(N)=S)c(NCC(C)N2CCCC2)n1. The van der Waals surface area contributed by atoms with Crippen molar-refractivity contribution >= 4 is 23.0 Å². The summed E-state index contributed by atoms with van der Waals surface area (Å²) in [7, 11) is 0. The van der Waals surface area contributed by atoms with Crippen molar-refractivity contribution in [3.63, 3.8) is 0 Å². The molecule has 2 rings (SSSR count). The van der Waals surface area contributed by atoms with Gasteiger partial charge in [0.2, 0.25) is 0 Å². The van der Waals surface area contributed by atoms with Crippen LogP contribution in [0.4, 0.5) is 5.82 Å². The summed E-state index contributed by atoms with van der Waals surface area (Å²) in [6.07, 6.45) is 2.62. The Balaban J connectivity index is 2.10. The van der Waals surface area contributed by atoms with Gasteiger partial charge in [0.15, 0.2) is 0 Å². The zero-order chi connectivity index (χ0) is 14.7. The van der Waals surface area contributed by atoms with Gasteiger partial charge in [0.05, 0.1) is 5.56 Å². The van der Waals surface area contributed by atoms with E-state index >= 15 is 0 Å². The number of aromatic nitrogens is 1. The third kappa shape index (κ3) is 3.46. The van der Waals surface area contributed by atoms with Crippen LogP contribution < -0.4 is 11.1 Å². The van der Waals surface area contributed by atoms with Gasteiger partial charge in [0, 0.05) is 18.3 Å². The molecule has 3 N–H and O–H groups in total. The lowest BCUT2D eigenvalue weighted by Gasteiger charge is -2.25. The molecule has 1 aliphatic rings. The van der Waals surface area contributed by atoms with Crippen LogP contribution in [0.3, 0.4) is 0 Å². The molecule has 1 saturated heterocycles. The Morgan fingerprint density at radius 3 is 2.70 bits per heavy atom. The number of thiocarbonyl (C=S) groups is 1. The van der Waals surface area contributed by atoms with Gasteiger partial charge in [-0.2, -0.15) is 0 Å². The minimum absolute atomic E-state index is 0.409. The normalized spacial score (nSPS) is 17.1. The third-order valence-corrected chi connectivity index (χ3v) is 4.12. The maximum atomic E-state index is 5.84. The number of nitrogens with two attached hydrogens (primary N) is 1. The summed E-state index contributed by atoms with van der Waals surface area (Å²) < 4.78 is 0. The van der Waals surface area contributed by atoms with Crippen LogP contribution in [-0.2, 0) is 0 Å². The van der Waals surface area contributed by atoms with E-state index in [1.165, 1.54) is 25.9 Å². The molecular weight excluding hydrogens is 268 g/mol. The molecule has 1 aromatic heterocycles. The van der Waals surface area contributed by atoms with Crippen LogP contribution in [0.5, 0.6) is 0 Å². The summed E-state index contributed by atoms with van der Waals surface area (Å²) >= 11 is 5.15. The number of anilines is 1. The minimum Gasteiger partial charge on any atom is -0.389 e. The molecule has 1 aliphatic heterocycles. The lowest BCUT2D eigenvalue weighted by atomic mass is 10.1. The van der Waals surface area contributed by atoms with Gasteiger partial charge in [0.25, 0.3) is 0 Å². The Kier molecular flexibility index (Phi) is 4.94. The Hall–Kier alpha value is -1.20. The summed E-state index contributed by atoms with van der Waals surface area (Å²) in [6.45, 7) is 9.53. The van der Waals surface area contributed by atoms with E-state index in [0.29, 0.717) is 11.0 Å².